The van der Waals surface area contributed by atoms with Crippen LogP contribution in [0.25, 0.3) is 11.3 Å². The number of carbonyl (C=O) groups is 1. The summed E-state index contributed by atoms with van der Waals surface area (Å²) in [7, 11) is 0. The molecule has 0 radical (unpaired) electrons. The van der Waals surface area contributed by atoms with E-state index in [-0.39, 0.29) is 12.3 Å². The van der Waals surface area contributed by atoms with Crippen LogP contribution >= 0.6 is 11.3 Å². The van der Waals surface area contributed by atoms with Crippen LogP contribution in [0, 0.1) is 0 Å². The lowest BCUT2D eigenvalue weighted by molar-refractivity contribution is -0.116. The van der Waals surface area contributed by atoms with Gasteiger partial charge >= 0.3 is 0 Å². The Hall–Kier alpha value is -2.54. The van der Waals surface area contributed by atoms with Crippen molar-refractivity contribution in [2.24, 2.45) is 0 Å². The van der Waals surface area contributed by atoms with Gasteiger partial charge in [-0.1, -0.05) is 48.6 Å². The first kappa shape index (κ1) is 15.4. The molecule has 6 nitrogen and oxygen atoms in total. The van der Waals surface area contributed by atoms with Gasteiger partial charge in [0.05, 0.1) is 6.20 Å². The lowest BCUT2D eigenvalue weighted by atomic mass is 10.2. The Morgan fingerprint density at radius 2 is 2.09 bits per heavy atom. The molecule has 118 valence electrons. The number of anilines is 1. The Labute approximate surface area is 137 Å². The predicted molar refractivity (Wildman–Crippen MR) is 88.2 cm³/mol. The summed E-state index contributed by atoms with van der Waals surface area (Å²) in [5, 5.41) is 12.1. The number of aromatic nitrogens is 3. The van der Waals surface area contributed by atoms with Crippen LogP contribution in [-0.2, 0) is 17.6 Å². The predicted octanol–water partition coefficient (Wildman–Crippen LogP) is 3.33. The van der Waals surface area contributed by atoms with Crippen molar-refractivity contribution in [3.05, 3.63) is 47.4 Å². The molecule has 23 heavy (non-hydrogen) atoms. The molecule has 0 bridgehead atoms. The van der Waals surface area contributed by atoms with E-state index in [4.69, 9.17) is 4.42 Å². The third kappa shape index (κ3) is 4.01. The fourth-order valence-electron chi connectivity index (χ4n) is 2.01. The largest absolute Gasteiger partial charge is 0.441 e. The van der Waals surface area contributed by atoms with E-state index < -0.39 is 0 Å². The van der Waals surface area contributed by atoms with Gasteiger partial charge < -0.3 is 9.73 Å². The average Bonchev–Trinajstić information content (AvgIpc) is 3.23. The van der Waals surface area contributed by atoms with Crippen molar-refractivity contribution in [1.82, 2.24) is 15.2 Å². The molecule has 0 atom stereocenters. The summed E-state index contributed by atoms with van der Waals surface area (Å²) in [6.45, 7) is 2.00. The fraction of sp³-hybridized carbons (Fsp3) is 0.250. The van der Waals surface area contributed by atoms with E-state index in [0.29, 0.717) is 23.2 Å². The number of hydrogen-bond donors (Lipinski definition) is 1. The Kier molecular flexibility index (Phi) is 4.77. The zero-order valence-electron chi connectivity index (χ0n) is 12.7. The molecule has 0 aliphatic carbocycles. The second kappa shape index (κ2) is 7.15. The Bertz CT molecular complexity index is 782. The van der Waals surface area contributed by atoms with Crippen molar-refractivity contribution in [1.29, 1.82) is 0 Å². The summed E-state index contributed by atoms with van der Waals surface area (Å²) in [5.41, 5.74) is 0.969. The molecule has 0 spiro atoms. The van der Waals surface area contributed by atoms with Gasteiger partial charge in [0.2, 0.25) is 11.0 Å². The van der Waals surface area contributed by atoms with Crippen LogP contribution in [0.4, 0.5) is 5.13 Å². The van der Waals surface area contributed by atoms with Gasteiger partial charge in [-0.3, -0.25) is 4.79 Å². The van der Waals surface area contributed by atoms with Gasteiger partial charge in [0.15, 0.2) is 11.7 Å². The van der Waals surface area contributed by atoms with E-state index in [9.17, 15) is 4.79 Å². The first-order valence-corrected chi connectivity index (χ1v) is 8.18. The Morgan fingerprint density at radius 3 is 2.83 bits per heavy atom. The van der Waals surface area contributed by atoms with Crippen LogP contribution in [0.1, 0.15) is 24.2 Å². The van der Waals surface area contributed by atoms with Crippen molar-refractivity contribution in [3.8, 4) is 11.3 Å². The molecular weight excluding hydrogens is 312 g/mol. The molecule has 1 N–H and O–H groups in total. The number of nitrogens with one attached hydrogen (secondary N) is 1. The highest BCUT2D eigenvalue weighted by atomic mass is 32.1. The van der Waals surface area contributed by atoms with Crippen molar-refractivity contribution >= 4 is 22.4 Å². The highest BCUT2D eigenvalue weighted by Crippen LogP contribution is 2.20. The zero-order chi connectivity index (χ0) is 16.1. The molecule has 7 heteroatoms. The number of rotatable bonds is 6. The maximum Gasteiger partial charge on any atom is 0.226 e. The van der Waals surface area contributed by atoms with E-state index in [2.05, 4.69) is 20.5 Å². The van der Waals surface area contributed by atoms with Gasteiger partial charge in [0, 0.05) is 18.4 Å². The molecule has 1 amide bonds. The standard InChI is InChI=1S/C16H16N4O2S/c1-2-15-19-20-16(23-15)18-13(21)8-9-14-17-10-12(22-14)11-6-4-3-5-7-11/h3-7,10H,2,8-9H2,1H3,(H,18,20,21). The molecule has 0 fully saturated rings. The summed E-state index contributed by atoms with van der Waals surface area (Å²) in [4.78, 5) is 16.1. The van der Waals surface area contributed by atoms with E-state index in [0.717, 1.165) is 17.0 Å². The third-order valence-electron chi connectivity index (χ3n) is 3.19. The minimum Gasteiger partial charge on any atom is -0.441 e. The molecule has 1 aromatic carbocycles. The number of amides is 1. The highest BCUT2D eigenvalue weighted by Gasteiger charge is 2.11. The maximum atomic E-state index is 11.9. The van der Waals surface area contributed by atoms with Gasteiger partial charge in [0.1, 0.15) is 5.01 Å². The van der Waals surface area contributed by atoms with Gasteiger partial charge in [-0.05, 0) is 6.42 Å². The first-order valence-electron chi connectivity index (χ1n) is 7.37. The molecule has 0 saturated heterocycles. The molecule has 0 aliphatic heterocycles. The average molecular weight is 328 g/mol. The highest BCUT2D eigenvalue weighted by molar-refractivity contribution is 7.15. The van der Waals surface area contributed by atoms with Gasteiger partial charge in [-0.2, -0.15) is 0 Å². The molecule has 0 saturated carbocycles. The molecular formula is C16H16N4O2S. The van der Waals surface area contributed by atoms with Crippen molar-refractivity contribution in [3.63, 3.8) is 0 Å². The first-order chi connectivity index (χ1) is 11.2. The quantitative estimate of drug-likeness (QED) is 0.750. The van der Waals surface area contributed by atoms with Crippen LogP contribution in [0.3, 0.4) is 0 Å². The number of nitrogens with zero attached hydrogens (tertiary/aromatic N) is 3. The number of aryl methyl sites for hydroxylation is 2. The molecule has 3 aromatic rings. The van der Waals surface area contributed by atoms with E-state index in [1.54, 1.807) is 6.20 Å². The monoisotopic (exact) mass is 328 g/mol. The molecule has 0 unspecified atom stereocenters. The number of benzene rings is 1. The Balaban J connectivity index is 1.54. The summed E-state index contributed by atoms with van der Waals surface area (Å²) < 4.78 is 5.68. The van der Waals surface area contributed by atoms with Crippen molar-refractivity contribution < 1.29 is 9.21 Å². The lowest BCUT2D eigenvalue weighted by Crippen LogP contribution is -2.12. The molecule has 2 heterocycles. The van der Waals surface area contributed by atoms with Crippen molar-refractivity contribution in [2.45, 2.75) is 26.2 Å². The van der Waals surface area contributed by atoms with E-state index >= 15 is 0 Å². The second-order valence-corrected chi connectivity index (χ2v) is 5.95. The lowest BCUT2D eigenvalue weighted by Gasteiger charge is -1.99. The molecule has 3 rings (SSSR count). The van der Waals surface area contributed by atoms with Crippen LogP contribution in [0.5, 0.6) is 0 Å². The van der Waals surface area contributed by atoms with Gasteiger partial charge in [-0.25, -0.2) is 4.98 Å². The van der Waals surface area contributed by atoms with Crippen LogP contribution in [0.15, 0.2) is 40.9 Å². The summed E-state index contributed by atoms with van der Waals surface area (Å²) in [6.07, 6.45) is 3.22. The van der Waals surface area contributed by atoms with Crippen LogP contribution < -0.4 is 5.32 Å². The van der Waals surface area contributed by atoms with Gasteiger partial charge in [-0.15, -0.1) is 10.2 Å². The zero-order valence-corrected chi connectivity index (χ0v) is 13.5. The van der Waals surface area contributed by atoms with Crippen LogP contribution in [-0.4, -0.2) is 21.1 Å². The summed E-state index contributed by atoms with van der Waals surface area (Å²) >= 11 is 1.39. The second-order valence-electron chi connectivity index (χ2n) is 4.89. The SMILES string of the molecule is CCc1nnc(NC(=O)CCc2ncc(-c3ccccc3)o2)s1. The summed E-state index contributed by atoms with van der Waals surface area (Å²) in [5.74, 6) is 1.13. The smallest absolute Gasteiger partial charge is 0.226 e. The third-order valence-corrected chi connectivity index (χ3v) is 4.18. The fourth-order valence-corrected chi connectivity index (χ4v) is 2.71. The Morgan fingerprint density at radius 1 is 1.26 bits per heavy atom. The molecule has 2 aromatic heterocycles. The minimum atomic E-state index is -0.122. The molecule has 0 aliphatic rings. The topological polar surface area (TPSA) is 80.9 Å². The van der Waals surface area contributed by atoms with Crippen molar-refractivity contribution in [2.75, 3.05) is 5.32 Å². The normalized spacial score (nSPS) is 10.7. The minimum absolute atomic E-state index is 0.122. The van der Waals surface area contributed by atoms with Crippen LogP contribution in [0.2, 0.25) is 0 Å². The maximum absolute atomic E-state index is 11.9. The van der Waals surface area contributed by atoms with Gasteiger partial charge in [0.25, 0.3) is 0 Å². The number of carbonyl (C=O) groups excluding carboxylic acids is 1. The van der Waals surface area contributed by atoms with E-state index in [1.807, 2.05) is 37.3 Å². The number of hydrogen-bond acceptors (Lipinski definition) is 6. The summed E-state index contributed by atoms with van der Waals surface area (Å²) in [6, 6.07) is 9.74. The number of oxazole rings is 1. The van der Waals surface area contributed by atoms with E-state index in [1.165, 1.54) is 11.3 Å².